The van der Waals surface area contributed by atoms with E-state index in [2.05, 4.69) is 22.1 Å². The minimum atomic E-state index is 0.223. The average Bonchev–Trinajstić information content (AvgIpc) is 3.86. The molecule has 0 N–H and O–H groups in total. The van der Waals surface area contributed by atoms with Gasteiger partial charge in [0.1, 0.15) is 48.0 Å². The summed E-state index contributed by atoms with van der Waals surface area (Å²) in [5.74, 6) is 1.77. The van der Waals surface area contributed by atoms with Gasteiger partial charge >= 0.3 is 0 Å². The Bertz CT molecular complexity index is 1950. The number of nitrogens with zero attached hydrogens (tertiary/aromatic N) is 4. The Kier molecular flexibility index (Phi) is 10.3. The quantitative estimate of drug-likeness (QED) is 0.112. The normalized spacial score (nSPS) is 10.6. The lowest BCUT2D eigenvalue weighted by Gasteiger charge is -2.17. The van der Waals surface area contributed by atoms with Gasteiger partial charge in [0.2, 0.25) is 11.8 Å². The van der Waals surface area contributed by atoms with Crippen molar-refractivity contribution in [2.45, 2.75) is 13.8 Å². The summed E-state index contributed by atoms with van der Waals surface area (Å²) in [6.07, 6.45) is 0. The van der Waals surface area contributed by atoms with Crippen molar-refractivity contribution in [3.05, 3.63) is 107 Å². The molecule has 6 rings (SSSR count). The average molecular weight is 671 g/mol. The second-order valence-corrected chi connectivity index (χ2v) is 12.1. The standard InChI is InChI=1S/C38H30N4O4S2/c1-3-43-37-29(23-39)27(21-31(41-37)35-15-9-19-47-35)25-11-5-7-13-33(25)45-17-18-46-34-14-8-6-12-26(34)28-22-32(36-16-10-20-48-36)42-38(44-4-2)30(28)24-40/h5-16,19-22H,3-4,17-18H2,1-2H3. The van der Waals surface area contributed by atoms with Crippen molar-refractivity contribution in [3.8, 4) is 78.8 Å². The summed E-state index contributed by atoms with van der Waals surface area (Å²) in [6.45, 7) is 4.94. The maximum atomic E-state index is 10.2. The van der Waals surface area contributed by atoms with E-state index in [4.69, 9.17) is 18.9 Å². The van der Waals surface area contributed by atoms with Crippen molar-refractivity contribution in [2.75, 3.05) is 26.4 Å². The number of hydrogen-bond acceptors (Lipinski definition) is 10. The van der Waals surface area contributed by atoms with Gasteiger partial charge in [-0.3, -0.25) is 0 Å². The van der Waals surface area contributed by atoms with Gasteiger partial charge in [0.05, 0.1) is 34.4 Å². The summed E-state index contributed by atoms with van der Waals surface area (Å²) in [6, 6.07) is 31.5. The van der Waals surface area contributed by atoms with Crippen molar-refractivity contribution >= 4 is 22.7 Å². The first-order valence-electron chi connectivity index (χ1n) is 15.3. The van der Waals surface area contributed by atoms with Crippen LogP contribution in [-0.4, -0.2) is 36.4 Å². The number of ether oxygens (including phenoxy) is 4. The molecule has 0 amide bonds. The van der Waals surface area contributed by atoms with Crippen LogP contribution in [0.3, 0.4) is 0 Å². The molecular formula is C38H30N4O4S2. The van der Waals surface area contributed by atoms with Gasteiger partial charge in [0.15, 0.2) is 0 Å². The van der Waals surface area contributed by atoms with E-state index >= 15 is 0 Å². The first-order chi connectivity index (χ1) is 23.6. The minimum absolute atomic E-state index is 0.223. The zero-order chi connectivity index (χ0) is 33.3. The second-order valence-electron chi connectivity index (χ2n) is 10.2. The molecular weight excluding hydrogens is 641 g/mol. The summed E-state index contributed by atoms with van der Waals surface area (Å²) >= 11 is 3.13. The number of nitriles is 2. The third-order valence-electron chi connectivity index (χ3n) is 7.26. The van der Waals surface area contributed by atoms with Crippen LogP contribution in [0.25, 0.3) is 43.4 Å². The van der Waals surface area contributed by atoms with Crippen LogP contribution in [0.1, 0.15) is 25.0 Å². The van der Waals surface area contributed by atoms with Crippen LogP contribution in [0, 0.1) is 22.7 Å². The third-order valence-corrected chi connectivity index (χ3v) is 9.04. The molecule has 238 valence electrons. The third kappa shape index (κ3) is 6.86. The summed E-state index contributed by atoms with van der Waals surface area (Å²) in [5, 5.41) is 24.3. The molecule has 10 heteroatoms. The zero-order valence-corrected chi connectivity index (χ0v) is 27.9. The largest absolute Gasteiger partial charge is 0.489 e. The van der Waals surface area contributed by atoms with Crippen LogP contribution in [-0.2, 0) is 0 Å². The highest BCUT2D eigenvalue weighted by atomic mass is 32.1. The van der Waals surface area contributed by atoms with Crippen molar-refractivity contribution in [1.29, 1.82) is 10.5 Å². The van der Waals surface area contributed by atoms with Gasteiger partial charge in [-0.05, 0) is 61.0 Å². The van der Waals surface area contributed by atoms with Crippen molar-refractivity contribution in [3.63, 3.8) is 0 Å². The SMILES string of the molecule is CCOc1nc(-c2cccs2)cc(-c2ccccc2OCCOc2ccccc2-c2cc(-c3cccs3)nc(OCC)c2C#N)c1C#N. The summed E-state index contributed by atoms with van der Waals surface area (Å²) in [5.41, 5.74) is 4.98. The van der Waals surface area contributed by atoms with E-state index in [1.807, 2.05) is 110 Å². The molecule has 4 heterocycles. The van der Waals surface area contributed by atoms with Gasteiger partial charge in [0.25, 0.3) is 0 Å². The van der Waals surface area contributed by atoms with E-state index < -0.39 is 0 Å². The lowest BCUT2D eigenvalue weighted by atomic mass is 9.99. The lowest BCUT2D eigenvalue weighted by Crippen LogP contribution is -2.10. The fourth-order valence-electron chi connectivity index (χ4n) is 5.20. The van der Waals surface area contributed by atoms with Gasteiger partial charge in [-0.2, -0.15) is 10.5 Å². The number of pyridine rings is 2. The Morgan fingerprint density at radius 1 is 0.562 bits per heavy atom. The molecule has 0 radical (unpaired) electrons. The van der Waals surface area contributed by atoms with Crippen LogP contribution in [0.5, 0.6) is 23.3 Å². The second kappa shape index (κ2) is 15.3. The molecule has 0 bridgehead atoms. The lowest BCUT2D eigenvalue weighted by molar-refractivity contribution is 0.218. The number of thiophene rings is 2. The number of benzene rings is 2. The Balaban J connectivity index is 1.27. The highest BCUT2D eigenvalue weighted by Gasteiger charge is 2.21. The topological polar surface area (TPSA) is 110 Å². The number of aromatic nitrogens is 2. The monoisotopic (exact) mass is 670 g/mol. The molecule has 0 atom stereocenters. The Hall–Kier alpha value is -5.68. The Labute approximate surface area is 287 Å². The summed E-state index contributed by atoms with van der Waals surface area (Å²) in [7, 11) is 0. The first kappa shape index (κ1) is 32.3. The van der Waals surface area contributed by atoms with Crippen LogP contribution in [0.15, 0.2) is 95.7 Å². The van der Waals surface area contributed by atoms with Crippen molar-refractivity contribution in [1.82, 2.24) is 9.97 Å². The molecule has 8 nitrogen and oxygen atoms in total. The Morgan fingerprint density at radius 2 is 1.00 bits per heavy atom. The van der Waals surface area contributed by atoms with Crippen LogP contribution in [0.2, 0.25) is 0 Å². The van der Waals surface area contributed by atoms with E-state index in [9.17, 15) is 10.5 Å². The summed E-state index contributed by atoms with van der Waals surface area (Å²) < 4.78 is 24.2. The molecule has 2 aromatic carbocycles. The molecule has 0 aliphatic rings. The maximum Gasteiger partial charge on any atom is 0.232 e. The van der Waals surface area contributed by atoms with E-state index in [1.165, 1.54) is 0 Å². The number of para-hydroxylation sites is 2. The molecule has 0 aliphatic carbocycles. The first-order valence-corrected chi connectivity index (χ1v) is 17.1. The molecule has 0 unspecified atom stereocenters. The molecule has 0 saturated carbocycles. The van der Waals surface area contributed by atoms with Crippen molar-refractivity contribution in [2.24, 2.45) is 0 Å². The van der Waals surface area contributed by atoms with Crippen molar-refractivity contribution < 1.29 is 18.9 Å². The molecule has 0 aliphatic heterocycles. The van der Waals surface area contributed by atoms with Gasteiger partial charge in [-0.1, -0.05) is 48.5 Å². The predicted octanol–water partition coefficient (Wildman–Crippen LogP) is 9.27. The maximum absolute atomic E-state index is 10.2. The highest BCUT2D eigenvalue weighted by Crippen LogP contribution is 2.40. The molecule has 4 aromatic heterocycles. The zero-order valence-electron chi connectivity index (χ0n) is 26.3. The smallest absolute Gasteiger partial charge is 0.232 e. The molecule has 0 spiro atoms. The van der Waals surface area contributed by atoms with Crippen LogP contribution >= 0.6 is 22.7 Å². The number of hydrogen-bond donors (Lipinski definition) is 0. The van der Waals surface area contributed by atoms with E-state index in [0.29, 0.717) is 58.7 Å². The molecule has 48 heavy (non-hydrogen) atoms. The van der Waals surface area contributed by atoms with Crippen LogP contribution in [0.4, 0.5) is 0 Å². The van der Waals surface area contributed by atoms with Gasteiger partial charge in [-0.25, -0.2) is 9.97 Å². The Morgan fingerprint density at radius 3 is 1.38 bits per heavy atom. The minimum Gasteiger partial charge on any atom is -0.489 e. The van der Waals surface area contributed by atoms with Gasteiger partial charge < -0.3 is 18.9 Å². The van der Waals surface area contributed by atoms with Gasteiger partial charge in [0, 0.05) is 22.3 Å². The highest BCUT2D eigenvalue weighted by molar-refractivity contribution is 7.13. The van der Waals surface area contributed by atoms with Crippen LogP contribution < -0.4 is 18.9 Å². The fraction of sp³-hybridized carbons (Fsp3) is 0.158. The van der Waals surface area contributed by atoms with E-state index in [0.717, 1.165) is 32.3 Å². The van der Waals surface area contributed by atoms with Gasteiger partial charge in [-0.15, -0.1) is 22.7 Å². The predicted molar refractivity (Wildman–Crippen MR) is 189 cm³/mol. The van der Waals surface area contributed by atoms with E-state index in [1.54, 1.807) is 22.7 Å². The van der Waals surface area contributed by atoms with E-state index in [-0.39, 0.29) is 13.2 Å². The molecule has 6 aromatic rings. The molecule has 0 fully saturated rings. The molecule has 0 saturated heterocycles. The number of rotatable bonds is 13. The summed E-state index contributed by atoms with van der Waals surface area (Å²) in [4.78, 5) is 11.2. The fourth-order valence-corrected chi connectivity index (χ4v) is 6.57.